The molecule has 3 aromatic rings. The van der Waals surface area contributed by atoms with Gasteiger partial charge in [0.05, 0.1) is 12.5 Å². The first kappa shape index (κ1) is 14.5. The summed E-state index contributed by atoms with van der Waals surface area (Å²) in [7, 11) is 0. The molecule has 116 valence electrons. The Hall–Kier alpha value is -2.11. The van der Waals surface area contributed by atoms with Crippen LogP contribution < -0.4 is 4.74 Å². The van der Waals surface area contributed by atoms with Gasteiger partial charge in [0.2, 0.25) is 5.28 Å². The number of aromatic nitrogens is 3. The van der Waals surface area contributed by atoms with Crippen molar-refractivity contribution < 1.29 is 9.53 Å². The molecule has 0 amide bonds. The van der Waals surface area contributed by atoms with E-state index in [1.807, 2.05) is 12.1 Å². The van der Waals surface area contributed by atoms with Crippen LogP contribution in [0.3, 0.4) is 0 Å². The summed E-state index contributed by atoms with van der Waals surface area (Å²) >= 11 is 11.8. The number of ketones is 1. The van der Waals surface area contributed by atoms with Crippen molar-refractivity contribution in [3.8, 4) is 5.75 Å². The number of ether oxygens (including phenoxy) is 1. The first-order valence-corrected chi connectivity index (χ1v) is 7.82. The molecule has 0 radical (unpaired) electrons. The Morgan fingerprint density at radius 2 is 2.22 bits per heavy atom. The van der Waals surface area contributed by atoms with E-state index in [0.717, 1.165) is 11.3 Å². The number of fused-ring (bicyclic) bond motifs is 2. The maximum Gasteiger partial charge on any atom is 0.224 e. The van der Waals surface area contributed by atoms with Crippen molar-refractivity contribution in [1.82, 2.24) is 15.0 Å². The smallest absolute Gasteiger partial charge is 0.224 e. The third-order valence-corrected chi connectivity index (χ3v) is 4.39. The van der Waals surface area contributed by atoms with Crippen molar-refractivity contribution in [1.29, 1.82) is 0 Å². The number of benzene rings is 1. The monoisotopic (exact) mass is 347 g/mol. The number of carbonyl (C=O) groups is 1. The summed E-state index contributed by atoms with van der Waals surface area (Å²) in [6, 6.07) is 5.46. The van der Waals surface area contributed by atoms with Crippen LogP contribution in [0.4, 0.5) is 0 Å². The maximum atomic E-state index is 12.8. The van der Waals surface area contributed by atoms with E-state index in [4.69, 9.17) is 27.9 Å². The molecule has 1 aromatic carbocycles. The van der Waals surface area contributed by atoms with Crippen LogP contribution in [0.25, 0.3) is 11.0 Å². The van der Waals surface area contributed by atoms with Crippen molar-refractivity contribution in [2.75, 3.05) is 6.61 Å². The van der Waals surface area contributed by atoms with Gasteiger partial charge in [0, 0.05) is 28.4 Å². The summed E-state index contributed by atoms with van der Waals surface area (Å²) in [5, 5.41) is 1.44. The fourth-order valence-corrected chi connectivity index (χ4v) is 3.17. The highest BCUT2D eigenvalue weighted by Crippen LogP contribution is 2.32. The van der Waals surface area contributed by atoms with Crippen LogP contribution in [-0.2, 0) is 6.42 Å². The largest absolute Gasteiger partial charge is 0.493 e. The van der Waals surface area contributed by atoms with Gasteiger partial charge in [-0.05, 0) is 41.8 Å². The number of halogens is 2. The molecule has 3 heterocycles. The Balaban J connectivity index is 1.66. The summed E-state index contributed by atoms with van der Waals surface area (Å²) in [5.74, 6) is 0.510. The highest BCUT2D eigenvalue weighted by atomic mass is 35.5. The lowest BCUT2D eigenvalue weighted by Crippen LogP contribution is -2.28. The Morgan fingerprint density at radius 1 is 1.35 bits per heavy atom. The van der Waals surface area contributed by atoms with E-state index < -0.39 is 0 Å². The summed E-state index contributed by atoms with van der Waals surface area (Å²) in [5.41, 5.74) is 2.05. The molecule has 5 nitrogen and oxygen atoms in total. The molecule has 1 N–H and O–H groups in total. The molecule has 1 aliphatic rings. The van der Waals surface area contributed by atoms with Gasteiger partial charge in [0.15, 0.2) is 5.78 Å². The lowest BCUT2D eigenvalue weighted by molar-refractivity contribution is 0.0857. The first-order valence-electron chi connectivity index (χ1n) is 7.07. The SMILES string of the molecule is O=C(c1c[nH]c2nc(Cl)ncc12)[C@@H]1COc2ccc(Cl)cc2C1. The average Bonchev–Trinajstić information content (AvgIpc) is 2.96. The van der Waals surface area contributed by atoms with Crippen LogP contribution >= 0.6 is 23.2 Å². The molecule has 4 rings (SSSR count). The minimum absolute atomic E-state index is 0.00667. The van der Waals surface area contributed by atoms with Crippen LogP contribution in [-0.4, -0.2) is 27.3 Å². The Morgan fingerprint density at radius 3 is 3.09 bits per heavy atom. The van der Waals surface area contributed by atoms with E-state index in [0.29, 0.717) is 34.6 Å². The van der Waals surface area contributed by atoms with Gasteiger partial charge in [0.1, 0.15) is 11.4 Å². The van der Waals surface area contributed by atoms with E-state index in [9.17, 15) is 4.79 Å². The van der Waals surface area contributed by atoms with Gasteiger partial charge in [-0.1, -0.05) is 11.6 Å². The molecular weight excluding hydrogens is 337 g/mol. The van der Waals surface area contributed by atoms with E-state index in [1.165, 1.54) is 0 Å². The highest BCUT2D eigenvalue weighted by Gasteiger charge is 2.28. The molecule has 1 atom stereocenters. The second-order valence-electron chi connectivity index (χ2n) is 5.43. The van der Waals surface area contributed by atoms with Gasteiger partial charge in [-0.2, -0.15) is 4.98 Å². The fraction of sp³-hybridized carbons (Fsp3) is 0.188. The van der Waals surface area contributed by atoms with Crippen molar-refractivity contribution in [3.63, 3.8) is 0 Å². The number of nitrogens with one attached hydrogen (secondary N) is 1. The van der Waals surface area contributed by atoms with Crippen LogP contribution in [0.2, 0.25) is 10.3 Å². The Kier molecular flexibility index (Phi) is 3.47. The molecule has 0 spiro atoms. The second-order valence-corrected chi connectivity index (χ2v) is 6.21. The van der Waals surface area contributed by atoms with Gasteiger partial charge in [-0.15, -0.1) is 0 Å². The quantitative estimate of drug-likeness (QED) is 0.566. The summed E-state index contributed by atoms with van der Waals surface area (Å²) in [6.07, 6.45) is 3.80. The zero-order valence-electron chi connectivity index (χ0n) is 11.8. The maximum absolute atomic E-state index is 12.8. The number of aromatic amines is 1. The normalized spacial score (nSPS) is 16.9. The highest BCUT2D eigenvalue weighted by molar-refractivity contribution is 6.30. The molecule has 2 aromatic heterocycles. The molecule has 0 fully saturated rings. The molecule has 0 bridgehead atoms. The molecule has 23 heavy (non-hydrogen) atoms. The molecule has 0 saturated heterocycles. The fourth-order valence-electron chi connectivity index (χ4n) is 2.84. The van der Waals surface area contributed by atoms with Crippen LogP contribution in [0.5, 0.6) is 5.75 Å². The summed E-state index contributed by atoms with van der Waals surface area (Å²) in [4.78, 5) is 23.8. The van der Waals surface area contributed by atoms with Gasteiger partial charge in [-0.3, -0.25) is 4.79 Å². The Labute approximate surface area is 141 Å². The van der Waals surface area contributed by atoms with Crippen molar-refractivity contribution in [2.24, 2.45) is 5.92 Å². The molecule has 0 unspecified atom stereocenters. The first-order chi connectivity index (χ1) is 11.1. The van der Waals surface area contributed by atoms with E-state index in [2.05, 4.69) is 15.0 Å². The lowest BCUT2D eigenvalue weighted by Gasteiger charge is -2.24. The number of rotatable bonds is 2. The van der Waals surface area contributed by atoms with Crippen LogP contribution in [0, 0.1) is 5.92 Å². The summed E-state index contributed by atoms with van der Waals surface area (Å²) in [6.45, 7) is 0.342. The average molecular weight is 348 g/mol. The van der Waals surface area contributed by atoms with Crippen molar-refractivity contribution in [3.05, 3.63) is 52.0 Å². The van der Waals surface area contributed by atoms with E-state index in [-0.39, 0.29) is 17.0 Å². The number of H-pyrrole nitrogens is 1. The number of Topliss-reactive ketones (excluding diaryl/α,β-unsaturated/α-hetero) is 1. The van der Waals surface area contributed by atoms with E-state index in [1.54, 1.807) is 18.5 Å². The zero-order chi connectivity index (χ0) is 16.0. The third kappa shape index (κ3) is 2.56. The van der Waals surface area contributed by atoms with Gasteiger partial charge in [0.25, 0.3) is 0 Å². The molecular formula is C16H11Cl2N3O2. The molecule has 1 aliphatic heterocycles. The molecule has 7 heteroatoms. The second kappa shape index (κ2) is 5.51. The number of nitrogens with zero attached hydrogens (tertiary/aromatic N) is 2. The number of hydrogen-bond donors (Lipinski definition) is 1. The van der Waals surface area contributed by atoms with Crippen molar-refractivity contribution in [2.45, 2.75) is 6.42 Å². The van der Waals surface area contributed by atoms with Gasteiger partial charge >= 0.3 is 0 Å². The van der Waals surface area contributed by atoms with E-state index >= 15 is 0 Å². The van der Waals surface area contributed by atoms with Crippen LogP contribution in [0.1, 0.15) is 15.9 Å². The van der Waals surface area contributed by atoms with Gasteiger partial charge < -0.3 is 9.72 Å². The molecule has 0 saturated carbocycles. The van der Waals surface area contributed by atoms with Crippen LogP contribution in [0.15, 0.2) is 30.6 Å². The minimum atomic E-state index is -0.268. The van der Waals surface area contributed by atoms with Crippen molar-refractivity contribution >= 4 is 40.0 Å². The summed E-state index contributed by atoms with van der Waals surface area (Å²) < 4.78 is 5.70. The number of carbonyl (C=O) groups excluding carboxylic acids is 1. The third-order valence-electron chi connectivity index (χ3n) is 3.97. The lowest BCUT2D eigenvalue weighted by atomic mass is 9.90. The zero-order valence-corrected chi connectivity index (χ0v) is 13.4. The predicted molar refractivity (Wildman–Crippen MR) is 87.4 cm³/mol. The number of hydrogen-bond acceptors (Lipinski definition) is 4. The predicted octanol–water partition coefficient (Wildman–Crippen LogP) is 3.70. The molecule has 0 aliphatic carbocycles. The standard InChI is InChI=1S/C16H11Cl2N3O2/c17-10-1-2-13-8(4-10)3-9(7-23-13)14(22)11-5-19-15-12(11)6-20-16(18)21-15/h1-2,4-6,9H,3,7H2,(H,19,20,21)/t9-/m0/s1. The van der Waals surface area contributed by atoms with Gasteiger partial charge in [-0.25, -0.2) is 4.98 Å². The minimum Gasteiger partial charge on any atom is -0.493 e. The Bertz CT molecular complexity index is 923. The topological polar surface area (TPSA) is 67.9 Å².